The van der Waals surface area contributed by atoms with E-state index >= 15 is 0 Å². The molecule has 1 saturated heterocycles. The lowest BCUT2D eigenvalue weighted by molar-refractivity contribution is -0.152. The van der Waals surface area contributed by atoms with Crippen LogP contribution in [0.15, 0.2) is 97.3 Å². The van der Waals surface area contributed by atoms with Gasteiger partial charge in [-0.3, -0.25) is 19.5 Å². The normalized spacial score (nSPS) is 15.5. The molecule has 3 aromatic carbocycles. The Kier molecular flexibility index (Phi) is 7.70. The number of aromatic amines is 1. The minimum absolute atomic E-state index is 0.0332. The van der Waals surface area contributed by atoms with E-state index in [1.54, 1.807) is 17.3 Å². The van der Waals surface area contributed by atoms with E-state index in [0.29, 0.717) is 37.3 Å². The molecule has 0 bridgehead atoms. The number of amides is 1. The van der Waals surface area contributed by atoms with Crippen molar-refractivity contribution in [1.29, 1.82) is 0 Å². The SMILES string of the molecule is COC(=O)C1CN(C(=O)Cc2ccc(-c3cccc(-c4cc5ccncc5[nH]4)c3O)cc2)CCN1Cc1ccccc1. The van der Waals surface area contributed by atoms with E-state index in [0.717, 1.165) is 33.3 Å². The lowest BCUT2D eigenvalue weighted by Crippen LogP contribution is -2.57. The van der Waals surface area contributed by atoms with Gasteiger partial charge in [0.05, 0.1) is 30.9 Å². The number of methoxy groups -OCH3 is 1. The first-order valence-corrected chi connectivity index (χ1v) is 14.0. The first-order valence-electron chi connectivity index (χ1n) is 14.0. The number of aromatic nitrogens is 2. The number of nitrogens with one attached hydrogen (secondary N) is 1. The van der Waals surface area contributed by atoms with E-state index in [-0.39, 0.29) is 24.0 Å². The van der Waals surface area contributed by atoms with E-state index in [1.165, 1.54) is 7.11 Å². The third-order valence-electron chi connectivity index (χ3n) is 7.92. The Balaban J connectivity index is 1.14. The maximum absolute atomic E-state index is 13.3. The highest BCUT2D eigenvalue weighted by atomic mass is 16.5. The average molecular weight is 561 g/mol. The molecule has 3 heterocycles. The number of fused-ring (bicyclic) bond motifs is 1. The van der Waals surface area contributed by atoms with Crippen LogP contribution >= 0.6 is 0 Å². The Morgan fingerprint density at radius 2 is 1.74 bits per heavy atom. The van der Waals surface area contributed by atoms with E-state index in [9.17, 15) is 14.7 Å². The topological polar surface area (TPSA) is 98.8 Å². The van der Waals surface area contributed by atoms with Crippen molar-refractivity contribution >= 4 is 22.8 Å². The summed E-state index contributed by atoms with van der Waals surface area (Å²) in [5.74, 6) is -0.184. The van der Waals surface area contributed by atoms with Gasteiger partial charge in [-0.25, -0.2) is 0 Å². The first kappa shape index (κ1) is 27.2. The molecule has 1 atom stereocenters. The lowest BCUT2D eigenvalue weighted by Gasteiger charge is -2.40. The second-order valence-corrected chi connectivity index (χ2v) is 10.6. The van der Waals surface area contributed by atoms with Crippen molar-refractivity contribution in [1.82, 2.24) is 19.8 Å². The average Bonchev–Trinajstić information content (AvgIpc) is 3.46. The molecule has 2 N–H and O–H groups in total. The van der Waals surface area contributed by atoms with Gasteiger partial charge < -0.3 is 19.7 Å². The zero-order chi connectivity index (χ0) is 29.1. The van der Waals surface area contributed by atoms with E-state index < -0.39 is 6.04 Å². The van der Waals surface area contributed by atoms with Gasteiger partial charge in [-0.2, -0.15) is 0 Å². The van der Waals surface area contributed by atoms with Crippen LogP contribution in [0.25, 0.3) is 33.3 Å². The van der Waals surface area contributed by atoms with Gasteiger partial charge in [-0.05, 0) is 34.9 Å². The molecule has 5 aromatic rings. The molecule has 42 heavy (non-hydrogen) atoms. The molecule has 1 fully saturated rings. The summed E-state index contributed by atoms with van der Waals surface area (Å²) in [4.78, 5) is 37.2. The minimum atomic E-state index is -0.515. The van der Waals surface area contributed by atoms with Crippen molar-refractivity contribution in [3.8, 4) is 28.1 Å². The van der Waals surface area contributed by atoms with E-state index in [4.69, 9.17) is 4.74 Å². The molecule has 1 aliphatic heterocycles. The van der Waals surface area contributed by atoms with E-state index in [2.05, 4.69) is 14.9 Å². The summed E-state index contributed by atoms with van der Waals surface area (Å²) < 4.78 is 5.08. The maximum Gasteiger partial charge on any atom is 0.324 e. The number of phenolic OH excluding ortho intramolecular Hbond substituents is 1. The van der Waals surface area contributed by atoms with E-state index in [1.807, 2.05) is 84.9 Å². The number of aromatic hydroxyl groups is 1. The fourth-order valence-corrected chi connectivity index (χ4v) is 5.61. The van der Waals surface area contributed by atoms with Gasteiger partial charge in [-0.15, -0.1) is 0 Å². The van der Waals surface area contributed by atoms with Crippen molar-refractivity contribution in [3.05, 3.63) is 108 Å². The molecule has 0 saturated carbocycles. The van der Waals surface area contributed by atoms with Crippen molar-refractivity contribution in [2.75, 3.05) is 26.7 Å². The quantitative estimate of drug-likeness (QED) is 0.271. The molecular weight excluding hydrogens is 528 g/mol. The summed E-state index contributed by atoms with van der Waals surface area (Å²) in [6, 6.07) is 26.7. The van der Waals surface area contributed by atoms with Crippen LogP contribution in [-0.2, 0) is 27.3 Å². The molecule has 0 spiro atoms. The molecule has 0 radical (unpaired) electrons. The molecule has 2 aromatic heterocycles. The minimum Gasteiger partial charge on any atom is -0.507 e. The summed E-state index contributed by atoms with van der Waals surface area (Å²) >= 11 is 0. The fraction of sp³-hybridized carbons (Fsp3) is 0.206. The van der Waals surface area contributed by atoms with Crippen molar-refractivity contribution in [3.63, 3.8) is 0 Å². The second kappa shape index (κ2) is 11.9. The zero-order valence-corrected chi connectivity index (χ0v) is 23.4. The molecule has 6 rings (SSSR count). The number of H-pyrrole nitrogens is 1. The van der Waals surface area contributed by atoms with Crippen LogP contribution in [0.2, 0.25) is 0 Å². The highest BCUT2D eigenvalue weighted by molar-refractivity contribution is 5.89. The third kappa shape index (κ3) is 5.62. The van der Waals surface area contributed by atoms with Crippen molar-refractivity contribution < 1.29 is 19.4 Å². The Hall–Kier alpha value is -4.95. The molecular formula is C34H32N4O4. The summed E-state index contributed by atoms with van der Waals surface area (Å²) in [5.41, 5.74) is 5.96. The maximum atomic E-state index is 13.3. The van der Waals surface area contributed by atoms with Gasteiger partial charge in [0.1, 0.15) is 11.8 Å². The predicted octanol–water partition coefficient (Wildman–Crippen LogP) is 5.03. The number of pyridine rings is 1. The zero-order valence-electron chi connectivity index (χ0n) is 23.4. The number of hydrogen-bond donors (Lipinski definition) is 2. The molecule has 8 heteroatoms. The molecule has 1 aliphatic rings. The van der Waals surface area contributed by atoms with Gasteiger partial charge in [0.15, 0.2) is 0 Å². The van der Waals surface area contributed by atoms with Crippen LogP contribution in [0.5, 0.6) is 5.75 Å². The highest BCUT2D eigenvalue weighted by Crippen LogP contribution is 2.38. The fourth-order valence-electron chi connectivity index (χ4n) is 5.61. The van der Waals surface area contributed by atoms with Crippen LogP contribution in [-0.4, -0.2) is 69.5 Å². The van der Waals surface area contributed by atoms with Crippen LogP contribution in [0, 0.1) is 0 Å². The van der Waals surface area contributed by atoms with Crippen LogP contribution < -0.4 is 0 Å². The number of esters is 1. The predicted molar refractivity (Wildman–Crippen MR) is 162 cm³/mol. The number of nitrogens with zero attached hydrogens (tertiary/aromatic N) is 3. The summed E-state index contributed by atoms with van der Waals surface area (Å²) in [5, 5.41) is 12.2. The Bertz CT molecular complexity index is 1680. The molecule has 1 amide bonds. The number of rotatable bonds is 7. The Labute approximate surface area is 244 Å². The number of para-hydroxylation sites is 1. The summed E-state index contributed by atoms with van der Waals surface area (Å²) in [7, 11) is 1.39. The number of benzene rings is 3. The smallest absolute Gasteiger partial charge is 0.324 e. The molecule has 0 aliphatic carbocycles. The number of phenols is 1. The van der Waals surface area contributed by atoms with Crippen molar-refractivity contribution in [2.45, 2.75) is 19.0 Å². The number of carbonyl (C=O) groups is 2. The van der Waals surface area contributed by atoms with Crippen molar-refractivity contribution in [2.24, 2.45) is 0 Å². The van der Waals surface area contributed by atoms with Crippen LogP contribution in [0.1, 0.15) is 11.1 Å². The largest absolute Gasteiger partial charge is 0.507 e. The Morgan fingerprint density at radius 1 is 0.952 bits per heavy atom. The van der Waals surface area contributed by atoms with Crippen LogP contribution in [0.4, 0.5) is 0 Å². The van der Waals surface area contributed by atoms with Gasteiger partial charge in [-0.1, -0.05) is 66.7 Å². The molecule has 1 unspecified atom stereocenters. The molecule has 8 nitrogen and oxygen atoms in total. The number of carbonyl (C=O) groups excluding carboxylic acids is 2. The number of hydrogen-bond acceptors (Lipinski definition) is 6. The van der Waals surface area contributed by atoms with Gasteiger partial charge in [0.2, 0.25) is 5.91 Å². The first-order chi connectivity index (χ1) is 20.5. The standard InChI is InChI=1S/C34H32N4O4/c1-42-34(41)31-22-38(17-16-37(31)21-24-6-3-2-4-7-24)32(39)18-23-10-12-25(13-11-23)27-8-5-9-28(33(27)40)29-19-26-14-15-35-20-30(26)36-29/h2-15,19-20,31,36,40H,16-18,21-22H2,1H3. The van der Waals surface area contributed by atoms with Gasteiger partial charge in [0.25, 0.3) is 0 Å². The second-order valence-electron chi connectivity index (χ2n) is 10.6. The number of ether oxygens (including phenoxy) is 1. The van der Waals surface area contributed by atoms with Gasteiger partial charge >= 0.3 is 5.97 Å². The summed E-state index contributed by atoms with van der Waals surface area (Å²) in [6.45, 7) is 2.04. The summed E-state index contributed by atoms with van der Waals surface area (Å²) in [6.07, 6.45) is 3.73. The Morgan fingerprint density at radius 3 is 2.50 bits per heavy atom. The van der Waals surface area contributed by atoms with Gasteiger partial charge in [0, 0.05) is 48.9 Å². The highest BCUT2D eigenvalue weighted by Gasteiger charge is 2.35. The monoisotopic (exact) mass is 560 g/mol. The van der Waals surface area contributed by atoms with Crippen LogP contribution in [0.3, 0.4) is 0 Å². The number of piperazine rings is 1. The third-order valence-corrected chi connectivity index (χ3v) is 7.92. The lowest BCUT2D eigenvalue weighted by atomic mass is 9.98. The molecule has 212 valence electrons.